The van der Waals surface area contributed by atoms with Gasteiger partial charge in [0.15, 0.2) is 6.61 Å². The minimum Gasteiger partial charge on any atom is -0.496 e. The maximum absolute atomic E-state index is 12.2. The smallest absolute Gasteiger partial charge is 0.338 e. The van der Waals surface area contributed by atoms with Crippen LogP contribution in [0.4, 0.5) is 0 Å². The number of ether oxygens (including phenoxy) is 2. The van der Waals surface area contributed by atoms with Crippen molar-refractivity contribution < 1.29 is 19.1 Å². The van der Waals surface area contributed by atoms with E-state index >= 15 is 0 Å². The predicted octanol–water partition coefficient (Wildman–Crippen LogP) is 4.04. The maximum Gasteiger partial charge on any atom is 0.338 e. The number of hydrogen-bond donors (Lipinski definition) is 1. The molecule has 1 saturated heterocycles. The van der Waals surface area contributed by atoms with Crippen LogP contribution in [0.5, 0.6) is 5.75 Å². The fourth-order valence-electron chi connectivity index (χ4n) is 2.76. The van der Waals surface area contributed by atoms with Crippen LogP contribution in [0.1, 0.15) is 32.5 Å². The van der Waals surface area contributed by atoms with Crippen LogP contribution >= 0.6 is 23.5 Å². The van der Waals surface area contributed by atoms with E-state index in [2.05, 4.69) is 5.32 Å². The van der Waals surface area contributed by atoms with Crippen LogP contribution in [-0.4, -0.2) is 37.1 Å². The van der Waals surface area contributed by atoms with Crippen LogP contribution < -0.4 is 10.1 Å². The molecule has 0 aromatic heterocycles. The highest BCUT2D eigenvalue weighted by Gasteiger charge is 2.17. The van der Waals surface area contributed by atoms with Crippen LogP contribution in [0.15, 0.2) is 48.5 Å². The molecule has 1 aliphatic heterocycles. The summed E-state index contributed by atoms with van der Waals surface area (Å²) in [5.41, 5.74) is 2.52. The van der Waals surface area contributed by atoms with E-state index in [9.17, 15) is 9.59 Å². The molecule has 0 saturated carbocycles. The summed E-state index contributed by atoms with van der Waals surface area (Å²) >= 11 is 3.87. The summed E-state index contributed by atoms with van der Waals surface area (Å²) in [4.78, 5) is 24.2. The van der Waals surface area contributed by atoms with E-state index in [1.165, 1.54) is 23.5 Å². The van der Waals surface area contributed by atoms with E-state index in [1.54, 1.807) is 19.2 Å². The quantitative estimate of drug-likeness (QED) is 0.686. The number of carbonyl (C=O) groups is 2. The molecule has 0 bridgehead atoms. The summed E-state index contributed by atoms with van der Waals surface area (Å²) < 4.78 is 10.8. The van der Waals surface area contributed by atoms with Crippen LogP contribution in [0.2, 0.25) is 0 Å². The molecule has 28 heavy (non-hydrogen) atoms. The number of para-hydroxylation sites is 1. The SMILES string of the molecule is COc1ccccc1CNC(=O)COC(=O)c1ccc(C2SCCCS2)cc1. The number of hydrogen-bond acceptors (Lipinski definition) is 6. The molecule has 2 aromatic rings. The van der Waals surface area contributed by atoms with E-state index in [1.807, 2.05) is 59.9 Å². The number of nitrogens with one attached hydrogen (secondary N) is 1. The lowest BCUT2D eigenvalue weighted by Gasteiger charge is -2.21. The largest absolute Gasteiger partial charge is 0.496 e. The number of amides is 1. The van der Waals surface area contributed by atoms with Gasteiger partial charge in [0.2, 0.25) is 0 Å². The van der Waals surface area contributed by atoms with Gasteiger partial charge < -0.3 is 14.8 Å². The summed E-state index contributed by atoms with van der Waals surface area (Å²) in [6, 6.07) is 14.9. The normalized spacial score (nSPS) is 14.3. The lowest BCUT2D eigenvalue weighted by molar-refractivity contribution is -0.124. The maximum atomic E-state index is 12.2. The molecule has 0 aliphatic carbocycles. The predicted molar refractivity (Wildman–Crippen MR) is 114 cm³/mol. The van der Waals surface area contributed by atoms with Gasteiger partial charge in [0, 0.05) is 12.1 Å². The van der Waals surface area contributed by atoms with Gasteiger partial charge in [-0.25, -0.2) is 4.79 Å². The fraction of sp³-hybridized carbons (Fsp3) is 0.333. The van der Waals surface area contributed by atoms with Gasteiger partial charge in [-0.05, 0) is 41.7 Å². The Labute approximate surface area is 173 Å². The highest BCUT2D eigenvalue weighted by molar-refractivity contribution is 8.16. The number of thioether (sulfide) groups is 2. The van der Waals surface area contributed by atoms with E-state index < -0.39 is 5.97 Å². The van der Waals surface area contributed by atoms with Crippen molar-refractivity contribution in [2.75, 3.05) is 25.2 Å². The van der Waals surface area contributed by atoms with Crippen molar-refractivity contribution in [3.05, 3.63) is 65.2 Å². The summed E-state index contributed by atoms with van der Waals surface area (Å²) in [6.07, 6.45) is 1.25. The van der Waals surface area contributed by atoms with E-state index in [-0.39, 0.29) is 12.5 Å². The molecule has 0 radical (unpaired) electrons. The summed E-state index contributed by atoms with van der Waals surface area (Å²) in [5.74, 6) is 2.19. The minimum absolute atomic E-state index is 0.311. The lowest BCUT2D eigenvalue weighted by Crippen LogP contribution is -2.28. The molecule has 1 amide bonds. The van der Waals surface area contributed by atoms with Gasteiger partial charge in [0.25, 0.3) is 5.91 Å². The third-order valence-electron chi connectivity index (χ3n) is 4.25. The fourth-order valence-corrected chi connectivity index (χ4v) is 5.66. The zero-order valence-corrected chi connectivity index (χ0v) is 17.3. The second-order valence-electron chi connectivity index (χ2n) is 6.21. The average Bonchev–Trinajstić information content (AvgIpc) is 2.77. The third-order valence-corrected chi connectivity index (χ3v) is 7.26. The molecule has 1 N–H and O–H groups in total. The second kappa shape index (κ2) is 10.4. The summed E-state index contributed by atoms with van der Waals surface area (Å²) in [6.45, 7) is -0.00409. The minimum atomic E-state index is -0.497. The molecule has 0 spiro atoms. The van der Waals surface area contributed by atoms with Gasteiger partial charge in [-0.15, -0.1) is 23.5 Å². The molecular formula is C21H23NO4S2. The van der Waals surface area contributed by atoms with Gasteiger partial charge in [-0.2, -0.15) is 0 Å². The van der Waals surface area contributed by atoms with Gasteiger partial charge in [0.1, 0.15) is 5.75 Å². The Balaban J connectivity index is 1.46. The summed E-state index contributed by atoms with van der Waals surface area (Å²) in [5, 5.41) is 2.73. The Kier molecular flexibility index (Phi) is 7.68. The molecule has 1 heterocycles. The van der Waals surface area contributed by atoms with Crippen LogP contribution in [0, 0.1) is 0 Å². The van der Waals surface area contributed by atoms with Crippen LogP contribution in [0.3, 0.4) is 0 Å². The van der Waals surface area contributed by atoms with Crippen molar-refractivity contribution in [3.63, 3.8) is 0 Å². The van der Waals surface area contributed by atoms with Crippen molar-refractivity contribution in [1.82, 2.24) is 5.32 Å². The number of benzene rings is 2. The van der Waals surface area contributed by atoms with Crippen molar-refractivity contribution in [2.45, 2.75) is 17.5 Å². The molecule has 1 aliphatic rings. The standard InChI is InChI=1S/C21H23NO4S2/c1-25-18-6-3-2-5-17(18)13-22-19(23)14-26-20(24)15-7-9-16(10-8-15)21-27-11-4-12-28-21/h2-3,5-10,21H,4,11-14H2,1H3,(H,22,23). The van der Waals surface area contributed by atoms with E-state index in [0.717, 1.165) is 5.56 Å². The first-order chi connectivity index (χ1) is 13.7. The Morgan fingerprint density at radius 2 is 1.79 bits per heavy atom. The Morgan fingerprint density at radius 1 is 1.07 bits per heavy atom. The van der Waals surface area contributed by atoms with E-state index in [4.69, 9.17) is 9.47 Å². The first-order valence-corrected chi connectivity index (χ1v) is 11.2. The molecule has 0 unspecified atom stereocenters. The van der Waals surface area contributed by atoms with Crippen LogP contribution in [0.25, 0.3) is 0 Å². The number of methoxy groups -OCH3 is 1. The van der Waals surface area contributed by atoms with Crippen LogP contribution in [-0.2, 0) is 16.1 Å². The molecule has 5 nitrogen and oxygen atoms in total. The zero-order valence-electron chi connectivity index (χ0n) is 15.7. The second-order valence-corrected chi connectivity index (χ2v) is 8.94. The Morgan fingerprint density at radius 3 is 2.50 bits per heavy atom. The molecule has 2 aromatic carbocycles. The highest BCUT2D eigenvalue weighted by atomic mass is 32.2. The lowest BCUT2D eigenvalue weighted by atomic mass is 10.1. The van der Waals surface area contributed by atoms with Crippen molar-refractivity contribution in [1.29, 1.82) is 0 Å². The number of rotatable bonds is 7. The Hall–Kier alpha value is -2.12. The first-order valence-electron chi connectivity index (χ1n) is 9.06. The molecule has 0 atom stereocenters. The van der Waals surface area contributed by atoms with Gasteiger partial charge in [-0.1, -0.05) is 30.3 Å². The van der Waals surface area contributed by atoms with Crippen molar-refractivity contribution in [2.24, 2.45) is 0 Å². The van der Waals surface area contributed by atoms with Crippen molar-refractivity contribution in [3.8, 4) is 5.75 Å². The van der Waals surface area contributed by atoms with E-state index in [0.29, 0.717) is 22.4 Å². The monoisotopic (exact) mass is 417 g/mol. The highest BCUT2D eigenvalue weighted by Crippen LogP contribution is 2.43. The average molecular weight is 418 g/mol. The molecule has 3 rings (SSSR count). The van der Waals surface area contributed by atoms with Gasteiger partial charge in [0.05, 0.1) is 17.3 Å². The number of esters is 1. The zero-order chi connectivity index (χ0) is 19.8. The molecular weight excluding hydrogens is 394 g/mol. The molecule has 7 heteroatoms. The van der Waals surface area contributed by atoms with Crippen molar-refractivity contribution >= 4 is 35.4 Å². The molecule has 148 valence electrons. The molecule has 1 fully saturated rings. The Bertz CT molecular complexity index is 804. The first kappa shape index (κ1) is 20.6. The van der Waals surface area contributed by atoms with Gasteiger partial charge in [-0.3, -0.25) is 4.79 Å². The summed E-state index contributed by atoms with van der Waals surface area (Å²) in [7, 11) is 1.58. The van der Waals surface area contributed by atoms with Gasteiger partial charge >= 0.3 is 5.97 Å². The topological polar surface area (TPSA) is 64.6 Å². The third kappa shape index (κ3) is 5.69. The number of carbonyl (C=O) groups excluding carboxylic acids is 2.